The highest BCUT2D eigenvalue weighted by Gasteiger charge is 2.15. The van der Waals surface area contributed by atoms with Crippen molar-refractivity contribution < 1.29 is 23.5 Å². The first-order valence-corrected chi connectivity index (χ1v) is 5.62. The quantitative estimate of drug-likeness (QED) is 0.765. The predicted molar refractivity (Wildman–Crippen MR) is 63.1 cm³/mol. The van der Waals surface area contributed by atoms with Gasteiger partial charge >= 0.3 is 11.9 Å². The second kappa shape index (κ2) is 6.80. The molecule has 1 heterocycles. The van der Waals surface area contributed by atoms with Gasteiger partial charge in [0.15, 0.2) is 0 Å². The SMILES string of the molecule is CCOC(=O)CNCc1cc(C(=O)OC)c(C)o1. The van der Waals surface area contributed by atoms with Crippen LogP contribution in [0.25, 0.3) is 0 Å². The van der Waals surface area contributed by atoms with Gasteiger partial charge in [0.1, 0.15) is 17.1 Å². The van der Waals surface area contributed by atoms with Crippen LogP contribution in [0.4, 0.5) is 0 Å². The van der Waals surface area contributed by atoms with E-state index in [1.54, 1.807) is 19.9 Å². The molecule has 0 radical (unpaired) electrons. The third-order valence-electron chi connectivity index (χ3n) is 2.25. The largest absolute Gasteiger partial charge is 0.465 e. The predicted octanol–water partition coefficient (Wildman–Crippen LogP) is 1.03. The standard InChI is InChI=1S/C12H17NO5/c1-4-17-11(14)7-13-6-9-5-10(8(2)18-9)12(15)16-3/h5,13H,4,6-7H2,1-3H3. The summed E-state index contributed by atoms with van der Waals surface area (Å²) in [5.41, 5.74) is 0.394. The van der Waals surface area contributed by atoms with Crippen LogP contribution in [0, 0.1) is 6.92 Å². The van der Waals surface area contributed by atoms with Gasteiger partial charge in [-0.3, -0.25) is 10.1 Å². The van der Waals surface area contributed by atoms with E-state index in [0.29, 0.717) is 30.2 Å². The van der Waals surface area contributed by atoms with Crippen LogP contribution in [0.3, 0.4) is 0 Å². The summed E-state index contributed by atoms with van der Waals surface area (Å²) < 4.78 is 14.7. The van der Waals surface area contributed by atoms with E-state index >= 15 is 0 Å². The molecule has 0 spiro atoms. The minimum atomic E-state index is -0.437. The summed E-state index contributed by atoms with van der Waals surface area (Å²) in [5.74, 6) is 0.300. The van der Waals surface area contributed by atoms with Crippen molar-refractivity contribution in [1.29, 1.82) is 0 Å². The van der Waals surface area contributed by atoms with Crippen LogP contribution in [-0.4, -0.2) is 32.2 Å². The second-order valence-electron chi connectivity index (χ2n) is 3.58. The van der Waals surface area contributed by atoms with Crippen molar-refractivity contribution in [3.63, 3.8) is 0 Å². The Morgan fingerprint density at radius 1 is 1.44 bits per heavy atom. The minimum absolute atomic E-state index is 0.0984. The molecule has 6 nitrogen and oxygen atoms in total. The summed E-state index contributed by atoms with van der Waals surface area (Å²) in [5, 5.41) is 2.86. The van der Waals surface area contributed by atoms with Gasteiger partial charge in [-0.25, -0.2) is 4.79 Å². The molecule has 0 amide bonds. The summed E-state index contributed by atoms with van der Waals surface area (Å²) in [6, 6.07) is 1.60. The van der Waals surface area contributed by atoms with Crippen molar-refractivity contribution >= 4 is 11.9 Å². The van der Waals surface area contributed by atoms with Gasteiger partial charge in [0.05, 0.1) is 26.8 Å². The van der Waals surface area contributed by atoms with Crippen LogP contribution in [-0.2, 0) is 20.8 Å². The Labute approximate surface area is 105 Å². The lowest BCUT2D eigenvalue weighted by molar-refractivity contribution is -0.142. The van der Waals surface area contributed by atoms with Gasteiger partial charge < -0.3 is 13.9 Å². The molecule has 1 aromatic heterocycles. The van der Waals surface area contributed by atoms with E-state index < -0.39 is 5.97 Å². The topological polar surface area (TPSA) is 77.8 Å². The maximum Gasteiger partial charge on any atom is 0.341 e. The van der Waals surface area contributed by atoms with Gasteiger partial charge in [-0.1, -0.05) is 0 Å². The molecule has 0 bridgehead atoms. The first-order chi connectivity index (χ1) is 8.58. The van der Waals surface area contributed by atoms with Crippen LogP contribution in [0.15, 0.2) is 10.5 Å². The fourth-order valence-electron chi connectivity index (χ4n) is 1.44. The van der Waals surface area contributed by atoms with Gasteiger partial charge in [-0.05, 0) is 19.9 Å². The molecule has 0 saturated heterocycles. The average Bonchev–Trinajstić information content (AvgIpc) is 2.70. The number of hydrogen-bond acceptors (Lipinski definition) is 6. The summed E-state index contributed by atoms with van der Waals surface area (Å²) in [4.78, 5) is 22.4. The minimum Gasteiger partial charge on any atom is -0.465 e. The number of hydrogen-bond donors (Lipinski definition) is 1. The van der Waals surface area contributed by atoms with E-state index in [9.17, 15) is 9.59 Å². The molecule has 0 aliphatic carbocycles. The Morgan fingerprint density at radius 3 is 2.78 bits per heavy atom. The maximum absolute atomic E-state index is 11.3. The Kier molecular flexibility index (Phi) is 5.38. The number of nitrogens with one attached hydrogen (secondary N) is 1. The lowest BCUT2D eigenvalue weighted by Crippen LogP contribution is -2.24. The number of methoxy groups -OCH3 is 1. The molecule has 18 heavy (non-hydrogen) atoms. The number of aryl methyl sites for hydroxylation is 1. The molecule has 0 aliphatic heterocycles. The summed E-state index contributed by atoms with van der Waals surface area (Å²) in [6.07, 6.45) is 0. The molecular weight excluding hydrogens is 238 g/mol. The zero-order valence-corrected chi connectivity index (χ0v) is 10.7. The second-order valence-corrected chi connectivity index (χ2v) is 3.58. The normalized spacial score (nSPS) is 10.2. The molecule has 6 heteroatoms. The van der Waals surface area contributed by atoms with E-state index in [-0.39, 0.29) is 12.5 Å². The Hall–Kier alpha value is -1.82. The molecule has 0 unspecified atom stereocenters. The fourth-order valence-corrected chi connectivity index (χ4v) is 1.44. The molecule has 0 fully saturated rings. The number of carbonyl (C=O) groups excluding carboxylic acids is 2. The lowest BCUT2D eigenvalue weighted by atomic mass is 10.2. The lowest BCUT2D eigenvalue weighted by Gasteiger charge is -2.02. The highest BCUT2D eigenvalue weighted by molar-refractivity contribution is 5.90. The summed E-state index contributed by atoms with van der Waals surface area (Å²) in [6.45, 7) is 4.22. The highest BCUT2D eigenvalue weighted by atomic mass is 16.5. The molecule has 0 aromatic carbocycles. The zero-order chi connectivity index (χ0) is 13.5. The van der Waals surface area contributed by atoms with Crippen LogP contribution in [0.1, 0.15) is 28.8 Å². The highest BCUT2D eigenvalue weighted by Crippen LogP contribution is 2.15. The summed E-state index contributed by atoms with van der Waals surface area (Å²) in [7, 11) is 1.31. The van der Waals surface area contributed by atoms with Gasteiger partial charge in [0.2, 0.25) is 0 Å². The molecule has 1 rings (SSSR count). The molecule has 1 aromatic rings. The Morgan fingerprint density at radius 2 is 2.17 bits per heavy atom. The number of rotatable bonds is 6. The zero-order valence-electron chi connectivity index (χ0n) is 10.7. The molecule has 0 aliphatic rings. The third-order valence-corrected chi connectivity index (χ3v) is 2.25. The Balaban J connectivity index is 2.49. The molecule has 0 atom stereocenters. The van der Waals surface area contributed by atoms with Crippen molar-refractivity contribution in [2.24, 2.45) is 0 Å². The smallest absolute Gasteiger partial charge is 0.341 e. The van der Waals surface area contributed by atoms with Crippen LogP contribution in [0.5, 0.6) is 0 Å². The van der Waals surface area contributed by atoms with Gasteiger partial charge in [0.25, 0.3) is 0 Å². The summed E-state index contributed by atoms with van der Waals surface area (Å²) >= 11 is 0. The molecule has 1 N–H and O–H groups in total. The molecule has 0 saturated carbocycles. The van der Waals surface area contributed by atoms with Gasteiger partial charge in [-0.2, -0.15) is 0 Å². The third kappa shape index (κ3) is 3.89. The van der Waals surface area contributed by atoms with Crippen molar-refractivity contribution in [1.82, 2.24) is 5.32 Å². The number of esters is 2. The van der Waals surface area contributed by atoms with Gasteiger partial charge in [-0.15, -0.1) is 0 Å². The van der Waals surface area contributed by atoms with E-state index in [1.165, 1.54) is 7.11 Å². The number of ether oxygens (including phenoxy) is 2. The molecular formula is C12H17NO5. The number of carbonyl (C=O) groups is 2. The van der Waals surface area contributed by atoms with Gasteiger partial charge in [0, 0.05) is 0 Å². The number of furan rings is 1. The fraction of sp³-hybridized carbons (Fsp3) is 0.500. The van der Waals surface area contributed by atoms with Crippen molar-refractivity contribution in [3.8, 4) is 0 Å². The van der Waals surface area contributed by atoms with E-state index in [0.717, 1.165) is 0 Å². The first-order valence-electron chi connectivity index (χ1n) is 5.62. The maximum atomic E-state index is 11.3. The van der Waals surface area contributed by atoms with Crippen molar-refractivity contribution in [3.05, 3.63) is 23.2 Å². The van der Waals surface area contributed by atoms with E-state index in [2.05, 4.69) is 10.1 Å². The Bertz CT molecular complexity index is 424. The molecule has 100 valence electrons. The van der Waals surface area contributed by atoms with E-state index in [1.807, 2.05) is 0 Å². The van der Waals surface area contributed by atoms with Crippen molar-refractivity contribution in [2.75, 3.05) is 20.3 Å². The first kappa shape index (κ1) is 14.2. The van der Waals surface area contributed by atoms with Crippen molar-refractivity contribution in [2.45, 2.75) is 20.4 Å². The van der Waals surface area contributed by atoms with Crippen LogP contribution in [0.2, 0.25) is 0 Å². The monoisotopic (exact) mass is 255 g/mol. The van der Waals surface area contributed by atoms with Crippen LogP contribution < -0.4 is 5.32 Å². The van der Waals surface area contributed by atoms with Crippen LogP contribution >= 0.6 is 0 Å². The average molecular weight is 255 g/mol. The van der Waals surface area contributed by atoms with E-state index in [4.69, 9.17) is 9.15 Å².